The maximum absolute atomic E-state index is 12.6. The predicted octanol–water partition coefficient (Wildman–Crippen LogP) is 1.87. The number of aryl methyl sites for hydroxylation is 3. The molecule has 1 aliphatic heterocycles. The van der Waals surface area contributed by atoms with Gasteiger partial charge in [0, 0.05) is 44.0 Å². The van der Waals surface area contributed by atoms with Crippen molar-refractivity contribution < 1.29 is 13.6 Å². The summed E-state index contributed by atoms with van der Waals surface area (Å²) in [4.78, 5) is 34.5. The fourth-order valence-electron chi connectivity index (χ4n) is 3.18. The Morgan fingerprint density at radius 3 is 2.62 bits per heavy atom. The zero-order chi connectivity index (χ0) is 18.8. The topological polar surface area (TPSA) is 58.4 Å². The van der Waals surface area contributed by atoms with Gasteiger partial charge in [0.2, 0.25) is 5.91 Å². The number of thiophene rings is 1. The van der Waals surface area contributed by atoms with E-state index in [4.69, 9.17) is 0 Å². The highest BCUT2D eigenvalue weighted by molar-refractivity contribution is 7.18. The molecule has 142 valence electrons. The first-order chi connectivity index (χ1) is 12.4. The molecule has 0 aromatic carbocycles. The van der Waals surface area contributed by atoms with Crippen LogP contribution in [0.2, 0.25) is 0 Å². The first-order valence-corrected chi connectivity index (χ1v) is 9.42. The number of amides is 1. The number of hydrogen-bond acceptors (Lipinski definition) is 5. The van der Waals surface area contributed by atoms with Gasteiger partial charge in [-0.2, -0.15) is 0 Å². The average Bonchev–Trinajstić information content (AvgIpc) is 2.89. The molecule has 26 heavy (non-hydrogen) atoms. The second-order valence-corrected chi connectivity index (χ2v) is 7.73. The first kappa shape index (κ1) is 18.9. The van der Waals surface area contributed by atoms with Crippen LogP contribution in [-0.2, 0) is 11.3 Å². The molecule has 0 aliphatic carbocycles. The van der Waals surface area contributed by atoms with Crippen LogP contribution in [0, 0.1) is 13.8 Å². The Hall–Kier alpha value is -1.87. The Morgan fingerprint density at radius 2 is 1.96 bits per heavy atom. The number of halogens is 2. The van der Waals surface area contributed by atoms with Crippen LogP contribution in [-0.4, -0.2) is 64.4 Å². The second kappa shape index (κ2) is 7.79. The molecule has 0 spiro atoms. The van der Waals surface area contributed by atoms with Crippen LogP contribution in [0.5, 0.6) is 0 Å². The van der Waals surface area contributed by atoms with Crippen molar-refractivity contribution in [2.24, 2.45) is 0 Å². The molecule has 1 fully saturated rings. The van der Waals surface area contributed by atoms with Crippen molar-refractivity contribution in [3.8, 4) is 0 Å². The number of carbonyl (C=O) groups excluding carboxylic acids is 1. The van der Waals surface area contributed by atoms with E-state index in [1.54, 1.807) is 9.80 Å². The first-order valence-electron chi connectivity index (χ1n) is 8.60. The van der Waals surface area contributed by atoms with Crippen molar-refractivity contribution in [2.75, 3.05) is 32.7 Å². The standard InChI is InChI=1S/C17H22F2N4O2S/c1-11-12(2)26-16-15(11)17(25)23(10-20-16)4-3-14(24)22-7-5-21(6-8-22)9-13(18)19/h10,13H,3-9H2,1-2H3. The zero-order valence-electron chi connectivity index (χ0n) is 14.9. The van der Waals surface area contributed by atoms with E-state index in [0.29, 0.717) is 31.6 Å². The summed E-state index contributed by atoms with van der Waals surface area (Å²) < 4.78 is 26.3. The summed E-state index contributed by atoms with van der Waals surface area (Å²) in [7, 11) is 0. The zero-order valence-corrected chi connectivity index (χ0v) is 15.7. The van der Waals surface area contributed by atoms with E-state index < -0.39 is 6.43 Å². The van der Waals surface area contributed by atoms with E-state index in [-0.39, 0.29) is 31.0 Å². The van der Waals surface area contributed by atoms with E-state index in [9.17, 15) is 18.4 Å². The average molecular weight is 384 g/mol. The third-order valence-corrected chi connectivity index (χ3v) is 5.96. The minimum absolute atomic E-state index is 0.0630. The van der Waals surface area contributed by atoms with E-state index in [1.807, 2.05) is 13.8 Å². The lowest BCUT2D eigenvalue weighted by atomic mass is 10.2. The third kappa shape index (κ3) is 3.93. The quantitative estimate of drug-likeness (QED) is 0.790. The lowest BCUT2D eigenvalue weighted by Gasteiger charge is -2.34. The molecule has 2 aromatic rings. The van der Waals surface area contributed by atoms with Crippen LogP contribution in [0.3, 0.4) is 0 Å². The van der Waals surface area contributed by atoms with E-state index >= 15 is 0 Å². The monoisotopic (exact) mass is 384 g/mol. The number of fused-ring (bicyclic) bond motifs is 1. The number of nitrogens with zero attached hydrogens (tertiary/aromatic N) is 4. The Balaban J connectivity index is 1.60. The van der Waals surface area contributed by atoms with E-state index in [1.165, 1.54) is 22.2 Å². The molecule has 3 rings (SSSR count). The van der Waals surface area contributed by atoms with Gasteiger partial charge in [-0.3, -0.25) is 19.1 Å². The van der Waals surface area contributed by atoms with E-state index in [2.05, 4.69) is 4.98 Å². The van der Waals surface area contributed by atoms with Crippen LogP contribution >= 0.6 is 11.3 Å². The van der Waals surface area contributed by atoms with Crippen molar-refractivity contribution in [2.45, 2.75) is 33.2 Å². The van der Waals surface area contributed by atoms with Crippen LogP contribution < -0.4 is 5.56 Å². The van der Waals surface area contributed by atoms with Gasteiger partial charge in [-0.05, 0) is 19.4 Å². The fraction of sp³-hybridized carbons (Fsp3) is 0.588. The van der Waals surface area contributed by atoms with Crippen molar-refractivity contribution in [1.82, 2.24) is 19.4 Å². The molecular formula is C17H22F2N4O2S. The summed E-state index contributed by atoms with van der Waals surface area (Å²) >= 11 is 1.50. The highest BCUT2D eigenvalue weighted by Crippen LogP contribution is 2.25. The van der Waals surface area contributed by atoms with Gasteiger partial charge in [-0.25, -0.2) is 13.8 Å². The van der Waals surface area contributed by atoms with Crippen molar-refractivity contribution in [3.63, 3.8) is 0 Å². The SMILES string of the molecule is Cc1sc2ncn(CCC(=O)N3CCN(CC(F)F)CC3)c(=O)c2c1C. The molecule has 1 aliphatic rings. The van der Waals surface area contributed by atoms with Crippen LogP contribution in [0.15, 0.2) is 11.1 Å². The Labute approximate surface area is 154 Å². The number of hydrogen-bond donors (Lipinski definition) is 0. The molecule has 6 nitrogen and oxygen atoms in total. The molecule has 0 bridgehead atoms. The largest absolute Gasteiger partial charge is 0.340 e. The summed E-state index contributed by atoms with van der Waals surface area (Å²) in [5.41, 5.74) is 0.824. The molecule has 3 heterocycles. The number of rotatable bonds is 5. The van der Waals surface area contributed by atoms with Gasteiger partial charge in [0.1, 0.15) is 4.83 Å². The van der Waals surface area contributed by atoms with Gasteiger partial charge in [0.05, 0.1) is 18.3 Å². The van der Waals surface area contributed by atoms with Gasteiger partial charge in [0.15, 0.2) is 0 Å². The van der Waals surface area contributed by atoms with Crippen LogP contribution in [0.4, 0.5) is 8.78 Å². The van der Waals surface area contributed by atoms with Crippen molar-refractivity contribution in [3.05, 3.63) is 27.1 Å². The summed E-state index contributed by atoms with van der Waals surface area (Å²) in [6.45, 7) is 5.69. The van der Waals surface area contributed by atoms with Gasteiger partial charge in [-0.1, -0.05) is 0 Å². The van der Waals surface area contributed by atoms with Gasteiger partial charge >= 0.3 is 0 Å². The van der Waals surface area contributed by atoms with Crippen molar-refractivity contribution >= 4 is 27.5 Å². The Bertz CT molecular complexity index is 856. The minimum Gasteiger partial charge on any atom is -0.340 e. The van der Waals surface area contributed by atoms with Crippen LogP contribution in [0.1, 0.15) is 16.9 Å². The summed E-state index contributed by atoms with van der Waals surface area (Å²) in [6, 6.07) is 0. The lowest BCUT2D eigenvalue weighted by molar-refractivity contribution is -0.133. The molecule has 0 radical (unpaired) electrons. The Kier molecular flexibility index (Phi) is 5.67. The smallest absolute Gasteiger partial charge is 0.262 e. The summed E-state index contributed by atoms with van der Waals surface area (Å²) in [5, 5.41) is 0.628. The highest BCUT2D eigenvalue weighted by Gasteiger charge is 2.23. The molecule has 9 heteroatoms. The maximum Gasteiger partial charge on any atom is 0.262 e. The van der Waals surface area contributed by atoms with Gasteiger partial charge in [0.25, 0.3) is 12.0 Å². The second-order valence-electron chi connectivity index (χ2n) is 6.53. The number of piperazine rings is 1. The van der Waals surface area contributed by atoms with Gasteiger partial charge < -0.3 is 4.90 Å². The highest BCUT2D eigenvalue weighted by atomic mass is 32.1. The predicted molar refractivity (Wildman–Crippen MR) is 97.0 cm³/mol. The normalized spacial score (nSPS) is 16.0. The minimum atomic E-state index is -2.35. The molecule has 0 unspecified atom stereocenters. The maximum atomic E-state index is 12.6. The molecule has 1 saturated heterocycles. The van der Waals surface area contributed by atoms with Crippen molar-refractivity contribution in [1.29, 1.82) is 0 Å². The summed E-state index contributed by atoms with van der Waals surface area (Å²) in [6.07, 6.45) is -0.659. The molecule has 2 aromatic heterocycles. The van der Waals surface area contributed by atoms with Crippen LogP contribution in [0.25, 0.3) is 10.2 Å². The molecule has 1 amide bonds. The number of aromatic nitrogens is 2. The number of alkyl halides is 2. The molecule has 0 saturated carbocycles. The summed E-state index contributed by atoms with van der Waals surface area (Å²) in [5.74, 6) is -0.0630. The third-order valence-electron chi connectivity index (χ3n) is 4.84. The molecular weight excluding hydrogens is 362 g/mol. The van der Waals surface area contributed by atoms with E-state index in [0.717, 1.165) is 15.3 Å². The number of carbonyl (C=O) groups is 1. The fourth-order valence-corrected chi connectivity index (χ4v) is 4.17. The lowest BCUT2D eigenvalue weighted by Crippen LogP contribution is -2.49. The molecule has 0 N–H and O–H groups in total. The van der Waals surface area contributed by atoms with Gasteiger partial charge in [-0.15, -0.1) is 11.3 Å². The Morgan fingerprint density at radius 1 is 1.27 bits per heavy atom. The molecule has 0 atom stereocenters.